The molecule has 3 aromatic carbocycles. The third-order valence-electron chi connectivity index (χ3n) is 5.57. The van der Waals surface area contributed by atoms with Crippen LogP contribution in [0.2, 0.25) is 0 Å². The molecule has 1 heterocycles. The van der Waals surface area contributed by atoms with E-state index >= 15 is 0 Å². The van der Waals surface area contributed by atoms with Gasteiger partial charge in [0.05, 0.1) is 12.4 Å². The molecule has 0 aliphatic carbocycles. The summed E-state index contributed by atoms with van der Waals surface area (Å²) in [6.07, 6.45) is 0.828. The molecular formula is C27H28N2O3S. The first-order valence-corrected chi connectivity index (χ1v) is 12.2. The molecule has 0 bridgehead atoms. The fourth-order valence-electron chi connectivity index (χ4n) is 3.86. The maximum atomic E-state index is 12.6. The second-order valence-corrected chi connectivity index (χ2v) is 8.94. The summed E-state index contributed by atoms with van der Waals surface area (Å²) in [6, 6.07) is 25.5. The average Bonchev–Trinajstić information content (AvgIpc) is 3.22. The summed E-state index contributed by atoms with van der Waals surface area (Å²) in [5, 5.41) is 2.95. The van der Waals surface area contributed by atoms with Gasteiger partial charge in [0.1, 0.15) is 11.1 Å². The number of hydrogen-bond donors (Lipinski definition) is 1. The first-order chi connectivity index (χ1) is 16.1. The number of thioether (sulfide) groups is 1. The minimum Gasteiger partial charge on any atom is -0.494 e. The smallest absolute Gasteiger partial charge is 0.251 e. The van der Waals surface area contributed by atoms with Gasteiger partial charge in [-0.25, -0.2) is 0 Å². The zero-order valence-electron chi connectivity index (χ0n) is 18.7. The van der Waals surface area contributed by atoms with Gasteiger partial charge in [-0.15, -0.1) is 11.8 Å². The summed E-state index contributed by atoms with van der Waals surface area (Å²) in [4.78, 5) is 27.0. The summed E-state index contributed by atoms with van der Waals surface area (Å²) < 4.78 is 5.52. The van der Waals surface area contributed by atoms with E-state index in [2.05, 4.69) is 17.4 Å². The minimum absolute atomic E-state index is 0.0142. The highest BCUT2D eigenvalue weighted by Gasteiger charge is 2.32. The van der Waals surface area contributed by atoms with Gasteiger partial charge in [-0.05, 0) is 54.3 Å². The Morgan fingerprint density at radius 3 is 2.55 bits per heavy atom. The number of hydrogen-bond acceptors (Lipinski definition) is 4. The molecule has 2 amide bonds. The highest BCUT2D eigenvalue weighted by atomic mass is 32.2. The van der Waals surface area contributed by atoms with E-state index in [9.17, 15) is 9.59 Å². The normalized spacial score (nSPS) is 15.5. The van der Waals surface area contributed by atoms with Gasteiger partial charge in [-0.3, -0.25) is 9.59 Å². The van der Waals surface area contributed by atoms with Gasteiger partial charge in [0, 0.05) is 18.7 Å². The first kappa shape index (κ1) is 22.9. The molecule has 1 N–H and O–H groups in total. The van der Waals surface area contributed by atoms with E-state index in [0.29, 0.717) is 31.0 Å². The van der Waals surface area contributed by atoms with Crippen molar-refractivity contribution in [1.29, 1.82) is 0 Å². The van der Waals surface area contributed by atoms with E-state index in [0.717, 1.165) is 23.3 Å². The maximum Gasteiger partial charge on any atom is 0.251 e. The van der Waals surface area contributed by atoms with Crippen molar-refractivity contribution < 1.29 is 14.3 Å². The van der Waals surface area contributed by atoms with Crippen LogP contribution >= 0.6 is 11.8 Å². The van der Waals surface area contributed by atoms with Gasteiger partial charge in [-0.2, -0.15) is 0 Å². The summed E-state index contributed by atoms with van der Waals surface area (Å²) >= 11 is 1.64. The molecular weight excluding hydrogens is 432 g/mol. The van der Waals surface area contributed by atoms with Crippen molar-refractivity contribution in [1.82, 2.24) is 10.2 Å². The standard InChI is InChI=1S/C27H28N2O3S/c1-2-32-24-10-6-9-21(17-24)18-28-26(31)22-11-13-23(14-12-22)27-29(25(30)19-33-27)16-15-20-7-4-3-5-8-20/h3-14,17,27H,2,15-16,18-19H2,1H3,(H,28,31)/t27-/m1/s1. The van der Waals surface area contributed by atoms with Crippen molar-refractivity contribution in [3.63, 3.8) is 0 Å². The van der Waals surface area contributed by atoms with Gasteiger partial charge < -0.3 is 15.0 Å². The Morgan fingerprint density at radius 2 is 1.79 bits per heavy atom. The van der Waals surface area contributed by atoms with Crippen LogP contribution in [0.4, 0.5) is 0 Å². The predicted octanol–water partition coefficient (Wildman–Crippen LogP) is 4.83. The van der Waals surface area contributed by atoms with Crippen LogP contribution in [0.1, 0.15) is 39.3 Å². The van der Waals surface area contributed by atoms with Gasteiger partial charge in [0.25, 0.3) is 5.91 Å². The lowest BCUT2D eigenvalue weighted by Crippen LogP contribution is -2.30. The number of carbonyl (C=O) groups excluding carboxylic acids is 2. The number of carbonyl (C=O) groups is 2. The third-order valence-corrected chi connectivity index (χ3v) is 6.83. The topological polar surface area (TPSA) is 58.6 Å². The third kappa shape index (κ3) is 5.96. The molecule has 0 unspecified atom stereocenters. The molecule has 0 radical (unpaired) electrons. The SMILES string of the molecule is CCOc1cccc(CNC(=O)c2ccc([C@H]3SCC(=O)N3CCc3ccccc3)cc2)c1. The molecule has 170 valence electrons. The molecule has 33 heavy (non-hydrogen) atoms. The lowest BCUT2D eigenvalue weighted by Gasteiger charge is -2.24. The highest BCUT2D eigenvalue weighted by Crippen LogP contribution is 2.38. The average molecular weight is 461 g/mol. The number of rotatable bonds is 9. The lowest BCUT2D eigenvalue weighted by atomic mass is 10.1. The van der Waals surface area contributed by atoms with Crippen LogP contribution in [0.15, 0.2) is 78.9 Å². The largest absolute Gasteiger partial charge is 0.494 e. The van der Waals surface area contributed by atoms with Gasteiger partial charge in [-0.1, -0.05) is 54.6 Å². The Kier molecular flexibility index (Phi) is 7.68. The van der Waals surface area contributed by atoms with Gasteiger partial charge in [0.15, 0.2) is 0 Å². The quantitative estimate of drug-likeness (QED) is 0.497. The van der Waals surface area contributed by atoms with Crippen molar-refractivity contribution in [3.8, 4) is 5.75 Å². The molecule has 1 fully saturated rings. The zero-order chi connectivity index (χ0) is 23.0. The number of ether oxygens (including phenoxy) is 1. The molecule has 3 aromatic rings. The Hall–Kier alpha value is -3.25. The zero-order valence-corrected chi connectivity index (χ0v) is 19.5. The van der Waals surface area contributed by atoms with Crippen LogP contribution in [0.5, 0.6) is 5.75 Å². The molecule has 1 atom stereocenters. The van der Waals surface area contributed by atoms with Crippen molar-refractivity contribution in [2.75, 3.05) is 18.9 Å². The van der Waals surface area contributed by atoms with Gasteiger partial charge >= 0.3 is 0 Å². The lowest BCUT2D eigenvalue weighted by molar-refractivity contribution is -0.128. The molecule has 0 aromatic heterocycles. The molecule has 0 saturated carbocycles. The summed E-state index contributed by atoms with van der Waals surface area (Å²) in [5.74, 6) is 1.33. The fourth-order valence-corrected chi connectivity index (χ4v) is 5.08. The van der Waals surface area contributed by atoms with Crippen molar-refractivity contribution in [2.45, 2.75) is 25.3 Å². The molecule has 4 rings (SSSR count). The van der Waals surface area contributed by atoms with E-state index in [4.69, 9.17) is 4.74 Å². The summed E-state index contributed by atoms with van der Waals surface area (Å²) in [6.45, 7) is 3.67. The second-order valence-electron chi connectivity index (χ2n) is 7.87. The molecule has 1 aliphatic heterocycles. The second kappa shape index (κ2) is 11.1. The Labute approximate surface area is 199 Å². The van der Waals surface area contributed by atoms with Crippen LogP contribution in [0.3, 0.4) is 0 Å². The van der Waals surface area contributed by atoms with Crippen molar-refractivity contribution in [2.24, 2.45) is 0 Å². The Morgan fingerprint density at radius 1 is 1.03 bits per heavy atom. The van der Waals surface area contributed by atoms with Crippen LogP contribution in [-0.4, -0.2) is 35.6 Å². The maximum absolute atomic E-state index is 12.6. The van der Waals surface area contributed by atoms with Crippen LogP contribution in [-0.2, 0) is 17.8 Å². The highest BCUT2D eigenvalue weighted by molar-refractivity contribution is 8.00. The van der Waals surface area contributed by atoms with E-state index in [-0.39, 0.29) is 17.2 Å². The van der Waals surface area contributed by atoms with Crippen molar-refractivity contribution in [3.05, 3.63) is 101 Å². The predicted molar refractivity (Wildman–Crippen MR) is 132 cm³/mol. The molecule has 1 aliphatic rings. The Bertz CT molecular complexity index is 1090. The van der Waals surface area contributed by atoms with Crippen LogP contribution < -0.4 is 10.1 Å². The number of nitrogens with zero attached hydrogens (tertiary/aromatic N) is 1. The van der Waals surface area contributed by atoms with Crippen LogP contribution in [0.25, 0.3) is 0 Å². The molecule has 1 saturated heterocycles. The molecule has 6 heteroatoms. The monoisotopic (exact) mass is 460 g/mol. The summed E-state index contributed by atoms with van der Waals surface area (Å²) in [7, 11) is 0. The minimum atomic E-state index is -0.126. The molecule has 0 spiro atoms. The fraction of sp³-hybridized carbons (Fsp3) is 0.259. The number of benzene rings is 3. The Balaban J connectivity index is 1.36. The first-order valence-electron chi connectivity index (χ1n) is 11.2. The van der Waals surface area contributed by atoms with Gasteiger partial charge in [0.2, 0.25) is 5.91 Å². The van der Waals surface area contributed by atoms with E-state index in [1.54, 1.807) is 11.8 Å². The van der Waals surface area contributed by atoms with E-state index in [1.807, 2.05) is 78.6 Å². The van der Waals surface area contributed by atoms with E-state index in [1.165, 1.54) is 5.56 Å². The molecule has 5 nitrogen and oxygen atoms in total. The van der Waals surface area contributed by atoms with E-state index < -0.39 is 0 Å². The number of nitrogens with one attached hydrogen (secondary N) is 1. The van der Waals surface area contributed by atoms with Crippen molar-refractivity contribution >= 4 is 23.6 Å². The number of amides is 2. The summed E-state index contributed by atoms with van der Waals surface area (Å²) in [5.41, 5.74) is 3.85. The van der Waals surface area contributed by atoms with Crippen LogP contribution in [0, 0.1) is 0 Å².